The van der Waals surface area contributed by atoms with E-state index < -0.39 is 4.92 Å². The Morgan fingerprint density at radius 3 is 2.72 bits per heavy atom. The van der Waals surface area contributed by atoms with Crippen molar-refractivity contribution in [2.45, 2.75) is 13.0 Å². The van der Waals surface area contributed by atoms with Crippen molar-refractivity contribution >= 4 is 5.69 Å². The highest BCUT2D eigenvalue weighted by molar-refractivity contribution is 5.33. The predicted octanol–water partition coefficient (Wildman–Crippen LogP) is 0.696. The van der Waals surface area contributed by atoms with Gasteiger partial charge < -0.3 is 0 Å². The number of aromatic nitrogens is 4. The minimum Gasteiger partial charge on any atom is -0.258 e. The Hall–Kier alpha value is -2.82. The summed E-state index contributed by atoms with van der Waals surface area (Å²) in [5.41, 5.74) is 0.880. The first-order valence-corrected chi connectivity index (χ1v) is 5.06. The van der Waals surface area contributed by atoms with Gasteiger partial charge in [0, 0.05) is 18.6 Å². The normalized spacial score (nSPS) is 9.94. The van der Waals surface area contributed by atoms with Crippen molar-refractivity contribution in [3.8, 4) is 6.07 Å². The molecule has 8 heteroatoms. The van der Waals surface area contributed by atoms with Crippen molar-refractivity contribution < 1.29 is 4.92 Å². The molecule has 1 aromatic heterocycles. The van der Waals surface area contributed by atoms with Gasteiger partial charge in [0.2, 0.25) is 0 Å². The van der Waals surface area contributed by atoms with E-state index >= 15 is 0 Å². The Labute approximate surface area is 102 Å². The highest BCUT2D eigenvalue weighted by Crippen LogP contribution is 2.13. The van der Waals surface area contributed by atoms with Crippen molar-refractivity contribution in [1.29, 1.82) is 5.26 Å². The van der Waals surface area contributed by atoms with E-state index in [0.717, 1.165) is 5.56 Å². The van der Waals surface area contributed by atoms with Gasteiger partial charge in [-0.15, -0.1) is 5.10 Å². The molecule has 0 radical (unpaired) electrons. The van der Waals surface area contributed by atoms with Crippen LogP contribution in [0, 0.1) is 21.4 Å². The van der Waals surface area contributed by atoms with Crippen LogP contribution in [-0.2, 0) is 13.0 Å². The number of hydrogen-bond donors (Lipinski definition) is 0. The molecule has 0 aliphatic heterocycles. The van der Waals surface area contributed by atoms with Crippen molar-refractivity contribution in [3.05, 3.63) is 45.8 Å². The van der Waals surface area contributed by atoms with E-state index in [1.807, 2.05) is 6.07 Å². The SMILES string of the molecule is N#CCn1nnnc1Cc1ccc([N+](=O)[O-])cc1. The van der Waals surface area contributed by atoms with Crippen LogP contribution in [0.1, 0.15) is 11.4 Å². The van der Waals surface area contributed by atoms with Gasteiger partial charge in [-0.2, -0.15) is 5.26 Å². The summed E-state index contributed by atoms with van der Waals surface area (Å²) in [4.78, 5) is 10.0. The fraction of sp³-hybridized carbons (Fsp3) is 0.200. The van der Waals surface area contributed by atoms with Crippen LogP contribution in [0.3, 0.4) is 0 Å². The molecule has 8 nitrogen and oxygen atoms in total. The van der Waals surface area contributed by atoms with Crippen LogP contribution in [0.25, 0.3) is 0 Å². The molecule has 0 amide bonds. The minimum atomic E-state index is -0.455. The number of rotatable bonds is 4. The number of nitriles is 1. The summed E-state index contributed by atoms with van der Waals surface area (Å²) in [6.45, 7) is 0.0787. The summed E-state index contributed by atoms with van der Waals surface area (Å²) < 4.78 is 1.39. The Kier molecular flexibility index (Phi) is 3.24. The number of benzene rings is 1. The Balaban J connectivity index is 2.16. The van der Waals surface area contributed by atoms with Gasteiger partial charge >= 0.3 is 0 Å². The van der Waals surface area contributed by atoms with Crippen LogP contribution in [0.2, 0.25) is 0 Å². The smallest absolute Gasteiger partial charge is 0.258 e. The van der Waals surface area contributed by atoms with E-state index in [-0.39, 0.29) is 12.2 Å². The summed E-state index contributed by atoms with van der Waals surface area (Å²) >= 11 is 0. The molecule has 0 fully saturated rings. The molecular weight excluding hydrogens is 236 g/mol. The van der Waals surface area contributed by atoms with Crippen LogP contribution in [-0.4, -0.2) is 25.1 Å². The maximum Gasteiger partial charge on any atom is 0.269 e. The zero-order chi connectivity index (χ0) is 13.0. The maximum atomic E-state index is 10.5. The third-order valence-corrected chi connectivity index (χ3v) is 2.34. The number of nitro groups is 1. The van der Waals surface area contributed by atoms with E-state index in [1.165, 1.54) is 16.8 Å². The summed E-state index contributed by atoms with van der Waals surface area (Å²) in [5.74, 6) is 0.547. The second-order valence-electron chi connectivity index (χ2n) is 3.51. The average molecular weight is 244 g/mol. The van der Waals surface area contributed by atoms with Crippen molar-refractivity contribution in [3.63, 3.8) is 0 Å². The van der Waals surface area contributed by atoms with Gasteiger partial charge in [-0.25, -0.2) is 4.68 Å². The topological polar surface area (TPSA) is 111 Å². The molecule has 0 aliphatic rings. The molecule has 0 aliphatic carbocycles. The summed E-state index contributed by atoms with van der Waals surface area (Å²) in [5, 5.41) is 30.0. The summed E-state index contributed by atoms with van der Waals surface area (Å²) in [6.07, 6.45) is 0.423. The zero-order valence-electron chi connectivity index (χ0n) is 9.22. The third kappa shape index (κ3) is 2.46. The van der Waals surface area contributed by atoms with E-state index in [4.69, 9.17) is 5.26 Å². The number of tetrazole rings is 1. The molecule has 1 aromatic carbocycles. The molecule has 2 aromatic rings. The second-order valence-corrected chi connectivity index (χ2v) is 3.51. The highest BCUT2D eigenvalue weighted by atomic mass is 16.6. The van der Waals surface area contributed by atoms with Gasteiger partial charge in [-0.1, -0.05) is 12.1 Å². The molecule has 0 saturated heterocycles. The molecule has 0 atom stereocenters. The van der Waals surface area contributed by atoms with Gasteiger partial charge in [0.15, 0.2) is 5.82 Å². The average Bonchev–Trinajstić information content (AvgIpc) is 2.78. The first kappa shape index (κ1) is 11.7. The van der Waals surface area contributed by atoms with Crippen molar-refractivity contribution in [2.75, 3.05) is 0 Å². The third-order valence-electron chi connectivity index (χ3n) is 2.34. The lowest BCUT2D eigenvalue weighted by Crippen LogP contribution is -2.05. The van der Waals surface area contributed by atoms with E-state index in [2.05, 4.69) is 15.5 Å². The molecule has 0 unspecified atom stereocenters. The monoisotopic (exact) mass is 244 g/mol. The molecule has 18 heavy (non-hydrogen) atoms. The van der Waals surface area contributed by atoms with Gasteiger partial charge in [0.25, 0.3) is 5.69 Å². The molecule has 2 rings (SSSR count). The van der Waals surface area contributed by atoms with Crippen molar-refractivity contribution in [2.24, 2.45) is 0 Å². The summed E-state index contributed by atoms with van der Waals surface area (Å²) in [7, 11) is 0. The van der Waals surface area contributed by atoms with Gasteiger partial charge in [0.1, 0.15) is 6.54 Å². The molecule has 0 spiro atoms. The molecule has 90 valence electrons. The molecular formula is C10H8N6O2. The molecule has 0 N–H and O–H groups in total. The van der Waals surface area contributed by atoms with Crippen LogP contribution in [0.4, 0.5) is 5.69 Å². The van der Waals surface area contributed by atoms with E-state index in [1.54, 1.807) is 12.1 Å². The lowest BCUT2D eigenvalue weighted by Gasteiger charge is -2.00. The quantitative estimate of drug-likeness (QED) is 0.578. The lowest BCUT2D eigenvalue weighted by atomic mass is 10.1. The molecule has 0 bridgehead atoms. The summed E-state index contributed by atoms with van der Waals surface area (Å²) in [6, 6.07) is 8.08. The first-order valence-electron chi connectivity index (χ1n) is 5.06. The minimum absolute atomic E-state index is 0.0374. The zero-order valence-corrected chi connectivity index (χ0v) is 9.22. The molecule has 1 heterocycles. The Morgan fingerprint density at radius 1 is 1.39 bits per heavy atom. The number of nitro benzene ring substituents is 1. The Morgan fingerprint density at radius 2 is 2.11 bits per heavy atom. The number of nitrogens with zero attached hydrogens (tertiary/aromatic N) is 6. The number of non-ortho nitro benzene ring substituents is 1. The van der Waals surface area contributed by atoms with Gasteiger partial charge in [-0.3, -0.25) is 10.1 Å². The Bertz CT molecular complexity index is 598. The second kappa shape index (κ2) is 5.01. The fourth-order valence-electron chi connectivity index (χ4n) is 1.46. The van der Waals surface area contributed by atoms with Crippen molar-refractivity contribution in [1.82, 2.24) is 20.2 Å². The lowest BCUT2D eigenvalue weighted by molar-refractivity contribution is -0.384. The molecule has 0 saturated carbocycles. The largest absolute Gasteiger partial charge is 0.269 e. The van der Waals surface area contributed by atoms with E-state index in [9.17, 15) is 10.1 Å². The highest BCUT2D eigenvalue weighted by Gasteiger charge is 2.08. The predicted molar refractivity (Wildman–Crippen MR) is 59.3 cm³/mol. The standard InChI is InChI=1S/C10H8N6O2/c11-5-6-15-10(12-13-14-15)7-8-1-3-9(4-2-8)16(17)18/h1-4H,6-7H2. The first-order chi connectivity index (χ1) is 8.70. The maximum absolute atomic E-state index is 10.5. The van der Waals surface area contributed by atoms with E-state index in [0.29, 0.717) is 12.2 Å². The van der Waals surface area contributed by atoms with Crippen LogP contribution in [0.5, 0.6) is 0 Å². The van der Waals surface area contributed by atoms with Gasteiger partial charge in [-0.05, 0) is 16.0 Å². The van der Waals surface area contributed by atoms with Gasteiger partial charge in [0.05, 0.1) is 11.0 Å². The van der Waals surface area contributed by atoms with Crippen LogP contribution >= 0.6 is 0 Å². The fourth-order valence-corrected chi connectivity index (χ4v) is 1.46. The van der Waals surface area contributed by atoms with Crippen LogP contribution in [0.15, 0.2) is 24.3 Å². The number of hydrogen-bond acceptors (Lipinski definition) is 6. The van der Waals surface area contributed by atoms with Crippen LogP contribution < -0.4 is 0 Å².